The van der Waals surface area contributed by atoms with Crippen LogP contribution in [-0.2, 0) is 21.8 Å². The van der Waals surface area contributed by atoms with Crippen LogP contribution in [0.1, 0.15) is 24.5 Å². The third kappa shape index (κ3) is 4.79. The lowest BCUT2D eigenvalue weighted by Gasteiger charge is -2.09. The summed E-state index contributed by atoms with van der Waals surface area (Å²) in [6.45, 7) is 2.07. The second-order valence-corrected chi connectivity index (χ2v) is 5.10. The van der Waals surface area contributed by atoms with E-state index in [4.69, 9.17) is 10.2 Å². The highest BCUT2D eigenvalue weighted by atomic mass is 32.2. The fourth-order valence-corrected chi connectivity index (χ4v) is 2.43. The Balaban J connectivity index is 2.55. The first-order valence-electron chi connectivity index (χ1n) is 5.67. The number of benzene rings is 1. The Hall–Kier alpha value is -1.49. The Morgan fingerprint density at radius 3 is 2.17 bits per heavy atom. The molecule has 0 aliphatic heterocycles. The highest BCUT2D eigenvalue weighted by Crippen LogP contribution is 2.21. The number of hydrogen-bond donors (Lipinski definition) is 2. The normalized spacial score (nSPS) is 12.1. The van der Waals surface area contributed by atoms with Crippen LogP contribution in [0.5, 0.6) is 0 Å². The average Bonchev–Trinajstić information content (AvgIpc) is 2.34. The summed E-state index contributed by atoms with van der Waals surface area (Å²) in [6.07, 6.45) is 0.608. The molecule has 1 atom stereocenters. The van der Waals surface area contributed by atoms with Gasteiger partial charge in [0.25, 0.3) is 0 Å². The Morgan fingerprint density at radius 1 is 1.17 bits per heavy atom. The van der Waals surface area contributed by atoms with E-state index < -0.39 is 17.2 Å². The third-order valence-electron chi connectivity index (χ3n) is 2.52. The Bertz CT molecular complexity index is 414. The molecule has 0 fully saturated rings. The van der Waals surface area contributed by atoms with Crippen molar-refractivity contribution in [2.75, 3.05) is 0 Å². The maximum absolute atomic E-state index is 10.9. The molecule has 4 nitrogen and oxygen atoms in total. The average molecular weight is 268 g/mol. The number of rotatable bonds is 7. The quantitative estimate of drug-likeness (QED) is 0.794. The number of hydrogen-bond acceptors (Lipinski definition) is 3. The minimum absolute atomic E-state index is 0.354. The largest absolute Gasteiger partial charge is 0.481 e. The standard InChI is InChI=1S/C13H16O4S/c1-2-9-3-5-10(6-4-9)8-18-11(13(16)17)7-12(14)15/h3-6,11H,2,7-8H2,1H3,(H,14,15)(H,16,17). The summed E-state index contributed by atoms with van der Waals surface area (Å²) < 4.78 is 0. The molecule has 0 saturated carbocycles. The Labute approximate surface area is 110 Å². The Kier molecular flexibility index (Phi) is 5.71. The smallest absolute Gasteiger partial charge is 0.317 e. The van der Waals surface area contributed by atoms with Crippen LogP contribution >= 0.6 is 11.8 Å². The molecule has 2 N–H and O–H groups in total. The minimum atomic E-state index is -1.09. The molecule has 1 rings (SSSR count). The van der Waals surface area contributed by atoms with E-state index in [1.807, 2.05) is 24.3 Å². The monoisotopic (exact) mass is 268 g/mol. The van der Waals surface area contributed by atoms with Crippen LogP contribution in [0, 0.1) is 0 Å². The molecule has 0 bridgehead atoms. The van der Waals surface area contributed by atoms with Gasteiger partial charge in [0.05, 0.1) is 6.42 Å². The van der Waals surface area contributed by atoms with Gasteiger partial charge in [-0.15, -0.1) is 11.8 Å². The van der Waals surface area contributed by atoms with Crippen LogP contribution < -0.4 is 0 Å². The summed E-state index contributed by atoms with van der Waals surface area (Å²) in [7, 11) is 0. The fourth-order valence-electron chi connectivity index (χ4n) is 1.44. The van der Waals surface area contributed by atoms with E-state index in [9.17, 15) is 9.59 Å². The van der Waals surface area contributed by atoms with Crippen molar-refractivity contribution < 1.29 is 19.8 Å². The molecule has 0 heterocycles. The zero-order valence-electron chi connectivity index (χ0n) is 10.1. The lowest BCUT2D eigenvalue weighted by Crippen LogP contribution is -2.20. The van der Waals surface area contributed by atoms with Gasteiger partial charge in [-0.3, -0.25) is 9.59 Å². The molecule has 0 spiro atoms. The van der Waals surface area contributed by atoms with Gasteiger partial charge in [-0.1, -0.05) is 31.2 Å². The van der Waals surface area contributed by atoms with Crippen LogP contribution in [-0.4, -0.2) is 27.4 Å². The SMILES string of the molecule is CCc1ccc(CSC(CC(=O)O)C(=O)O)cc1. The maximum atomic E-state index is 10.9. The molecule has 0 aliphatic rings. The van der Waals surface area contributed by atoms with Crippen molar-refractivity contribution >= 4 is 23.7 Å². The molecule has 5 heteroatoms. The predicted octanol–water partition coefficient (Wildman–Crippen LogP) is 2.41. The zero-order valence-corrected chi connectivity index (χ0v) is 10.9. The van der Waals surface area contributed by atoms with E-state index in [0.29, 0.717) is 5.75 Å². The van der Waals surface area contributed by atoms with Crippen molar-refractivity contribution in [2.24, 2.45) is 0 Å². The topological polar surface area (TPSA) is 74.6 Å². The van der Waals surface area contributed by atoms with E-state index >= 15 is 0 Å². The summed E-state index contributed by atoms with van der Waals surface area (Å²) in [4.78, 5) is 21.4. The molecular formula is C13H16O4S. The van der Waals surface area contributed by atoms with Crippen LogP contribution in [0.2, 0.25) is 0 Å². The summed E-state index contributed by atoms with van der Waals surface area (Å²) in [5, 5.41) is 16.6. The van der Waals surface area contributed by atoms with Gasteiger partial charge < -0.3 is 10.2 Å². The van der Waals surface area contributed by atoms with Crippen molar-refractivity contribution in [3.05, 3.63) is 35.4 Å². The lowest BCUT2D eigenvalue weighted by atomic mass is 10.1. The first-order valence-corrected chi connectivity index (χ1v) is 6.71. The fraction of sp³-hybridized carbons (Fsp3) is 0.385. The number of aliphatic carboxylic acids is 2. The first kappa shape index (κ1) is 14.6. The molecule has 0 aliphatic carbocycles. The van der Waals surface area contributed by atoms with Gasteiger partial charge in [0, 0.05) is 5.75 Å². The summed E-state index contributed by atoms with van der Waals surface area (Å²) in [6, 6.07) is 7.91. The second kappa shape index (κ2) is 7.06. The highest BCUT2D eigenvalue weighted by molar-refractivity contribution is 7.99. The maximum Gasteiger partial charge on any atom is 0.317 e. The van der Waals surface area contributed by atoms with E-state index in [2.05, 4.69) is 6.92 Å². The van der Waals surface area contributed by atoms with Gasteiger partial charge in [-0.05, 0) is 17.5 Å². The molecule has 1 unspecified atom stereocenters. The van der Waals surface area contributed by atoms with E-state index in [-0.39, 0.29) is 6.42 Å². The number of carboxylic acid groups (broad SMARTS) is 2. The van der Waals surface area contributed by atoms with Crippen LogP contribution in [0.15, 0.2) is 24.3 Å². The Morgan fingerprint density at radius 2 is 1.72 bits per heavy atom. The molecular weight excluding hydrogens is 252 g/mol. The van der Waals surface area contributed by atoms with Crippen molar-refractivity contribution in [1.29, 1.82) is 0 Å². The number of carboxylic acids is 2. The molecule has 0 aromatic heterocycles. The van der Waals surface area contributed by atoms with Crippen molar-refractivity contribution in [2.45, 2.75) is 30.8 Å². The number of thioether (sulfide) groups is 1. The van der Waals surface area contributed by atoms with Crippen LogP contribution in [0.4, 0.5) is 0 Å². The molecule has 98 valence electrons. The van der Waals surface area contributed by atoms with E-state index in [1.165, 1.54) is 5.56 Å². The van der Waals surface area contributed by atoms with E-state index in [1.54, 1.807) is 0 Å². The molecule has 1 aromatic carbocycles. The molecule has 0 saturated heterocycles. The first-order chi connectivity index (χ1) is 8.52. The highest BCUT2D eigenvalue weighted by Gasteiger charge is 2.21. The second-order valence-electron chi connectivity index (χ2n) is 3.91. The van der Waals surface area contributed by atoms with Gasteiger partial charge in [0.15, 0.2) is 0 Å². The lowest BCUT2D eigenvalue weighted by molar-refractivity contribution is -0.142. The van der Waals surface area contributed by atoms with Crippen molar-refractivity contribution in [1.82, 2.24) is 0 Å². The van der Waals surface area contributed by atoms with Crippen LogP contribution in [0.3, 0.4) is 0 Å². The number of aryl methyl sites for hydroxylation is 1. The minimum Gasteiger partial charge on any atom is -0.481 e. The summed E-state index contributed by atoms with van der Waals surface area (Å²) in [5.74, 6) is -1.65. The van der Waals surface area contributed by atoms with Gasteiger partial charge in [0.1, 0.15) is 5.25 Å². The molecule has 18 heavy (non-hydrogen) atoms. The van der Waals surface area contributed by atoms with Gasteiger partial charge in [-0.2, -0.15) is 0 Å². The molecule has 0 radical (unpaired) electrons. The zero-order chi connectivity index (χ0) is 13.5. The number of carbonyl (C=O) groups is 2. The summed E-state index contributed by atoms with van der Waals surface area (Å²) >= 11 is 1.14. The predicted molar refractivity (Wildman–Crippen MR) is 70.8 cm³/mol. The van der Waals surface area contributed by atoms with Crippen LogP contribution in [0.25, 0.3) is 0 Å². The third-order valence-corrected chi connectivity index (χ3v) is 3.79. The van der Waals surface area contributed by atoms with Gasteiger partial charge in [0.2, 0.25) is 0 Å². The summed E-state index contributed by atoms with van der Waals surface area (Å²) in [5.41, 5.74) is 2.23. The molecule has 0 amide bonds. The van der Waals surface area contributed by atoms with Crippen molar-refractivity contribution in [3.63, 3.8) is 0 Å². The molecule has 1 aromatic rings. The van der Waals surface area contributed by atoms with E-state index in [0.717, 1.165) is 23.7 Å². The van der Waals surface area contributed by atoms with Gasteiger partial charge in [-0.25, -0.2) is 0 Å². The van der Waals surface area contributed by atoms with Gasteiger partial charge >= 0.3 is 11.9 Å². The van der Waals surface area contributed by atoms with Crippen molar-refractivity contribution in [3.8, 4) is 0 Å².